The lowest BCUT2D eigenvalue weighted by atomic mass is 10.2. The van der Waals surface area contributed by atoms with Gasteiger partial charge >= 0.3 is 0 Å². The number of thiophene rings is 1. The normalized spacial score (nSPS) is 11.2. The maximum atomic E-state index is 12.6. The minimum Gasteiger partial charge on any atom is -0.352 e. The van der Waals surface area contributed by atoms with E-state index in [-0.39, 0.29) is 5.91 Å². The number of aryl methyl sites for hydroxylation is 2. The van der Waals surface area contributed by atoms with Crippen molar-refractivity contribution >= 4 is 28.3 Å². The van der Waals surface area contributed by atoms with Gasteiger partial charge in [0.05, 0.1) is 23.1 Å². The molecular weight excluding hydrogens is 368 g/mol. The Morgan fingerprint density at radius 1 is 1.21 bits per heavy atom. The lowest BCUT2D eigenvalue weighted by Gasteiger charge is -2.09. The third kappa shape index (κ3) is 3.87. The van der Waals surface area contributed by atoms with Crippen LogP contribution in [0.15, 0.2) is 47.8 Å². The van der Waals surface area contributed by atoms with Gasteiger partial charge in [0, 0.05) is 29.2 Å². The lowest BCUT2D eigenvalue weighted by molar-refractivity contribution is 0.0952. The second-order valence-corrected chi connectivity index (χ2v) is 8.04. The molecule has 0 unspecified atom stereocenters. The van der Waals surface area contributed by atoms with Crippen LogP contribution in [0.3, 0.4) is 0 Å². The Morgan fingerprint density at radius 2 is 2.07 bits per heavy atom. The molecule has 0 atom stereocenters. The maximum Gasteiger partial charge on any atom is 0.253 e. The standard InChI is InChI=1S/C22H24N4OS/c1-15-13-18(16(2)26(15)14-17-7-6-12-28-17)22(27)23-11-5-10-21-24-19-8-3-4-9-20(19)25-21/h3-4,6-9,12-13H,5,10-11,14H2,1-2H3,(H,23,27)(H,24,25). The van der Waals surface area contributed by atoms with Crippen molar-refractivity contribution in [1.82, 2.24) is 19.9 Å². The Kier molecular flexibility index (Phi) is 5.30. The highest BCUT2D eigenvalue weighted by Crippen LogP contribution is 2.19. The molecule has 6 heteroatoms. The first-order valence-electron chi connectivity index (χ1n) is 9.53. The Labute approximate surface area is 168 Å². The molecule has 1 amide bonds. The molecule has 0 aliphatic rings. The first-order chi connectivity index (χ1) is 13.6. The molecular formula is C22H24N4OS. The number of aromatic amines is 1. The number of carbonyl (C=O) groups excluding carboxylic acids is 1. The molecule has 3 heterocycles. The number of hydrogen-bond acceptors (Lipinski definition) is 3. The van der Waals surface area contributed by atoms with Crippen molar-refractivity contribution < 1.29 is 4.79 Å². The fraction of sp³-hybridized carbons (Fsp3) is 0.273. The van der Waals surface area contributed by atoms with Gasteiger partial charge in [0.25, 0.3) is 5.91 Å². The molecule has 0 fully saturated rings. The van der Waals surface area contributed by atoms with E-state index in [0.717, 1.165) is 53.2 Å². The Morgan fingerprint density at radius 3 is 2.86 bits per heavy atom. The predicted octanol–water partition coefficient (Wildman–Crippen LogP) is 4.45. The molecule has 5 nitrogen and oxygen atoms in total. The summed E-state index contributed by atoms with van der Waals surface area (Å²) < 4.78 is 2.20. The number of nitrogens with zero attached hydrogens (tertiary/aromatic N) is 2. The highest BCUT2D eigenvalue weighted by atomic mass is 32.1. The minimum absolute atomic E-state index is 0.00450. The van der Waals surface area contributed by atoms with Crippen LogP contribution in [0.25, 0.3) is 11.0 Å². The van der Waals surface area contributed by atoms with Crippen LogP contribution in [0.2, 0.25) is 0 Å². The van der Waals surface area contributed by atoms with E-state index in [1.165, 1.54) is 4.88 Å². The van der Waals surface area contributed by atoms with Crippen molar-refractivity contribution in [1.29, 1.82) is 0 Å². The van der Waals surface area contributed by atoms with Crippen molar-refractivity contribution in [3.63, 3.8) is 0 Å². The number of amides is 1. The van der Waals surface area contributed by atoms with Gasteiger partial charge in [0.2, 0.25) is 0 Å². The van der Waals surface area contributed by atoms with E-state index < -0.39 is 0 Å². The van der Waals surface area contributed by atoms with Crippen LogP contribution in [0.4, 0.5) is 0 Å². The van der Waals surface area contributed by atoms with E-state index in [1.807, 2.05) is 37.3 Å². The largest absolute Gasteiger partial charge is 0.352 e. The van der Waals surface area contributed by atoms with Crippen molar-refractivity contribution in [2.45, 2.75) is 33.2 Å². The molecule has 4 aromatic rings. The lowest BCUT2D eigenvalue weighted by Crippen LogP contribution is -2.25. The van der Waals surface area contributed by atoms with E-state index in [9.17, 15) is 4.79 Å². The average Bonchev–Trinajstić information content (AvgIpc) is 3.40. The highest BCUT2D eigenvalue weighted by molar-refractivity contribution is 7.09. The SMILES string of the molecule is Cc1cc(C(=O)NCCCc2nc3ccccc3[nH]2)c(C)n1Cc1cccs1. The molecule has 0 radical (unpaired) electrons. The van der Waals surface area contributed by atoms with Gasteiger partial charge in [-0.15, -0.1) is 11.3 Å². The zero-order valence-electron chi connectivity index (χ0n) is 16.2. The molecule has 4 rings (SSSR count). The Hall–Kier alpha value is -2.86. The number of rotatable bonds is 7. The molecule has 3 aromatic heterocycles. The smallest absolute Gasteiger partial charge is 0.253 e. The summed E-state index contributed by atoms with van der Waals surface area (Å²) in [6, 6.07) is 14.2. The zero-order valence-corrected chi connectivity index (χ0v) is 17.0. The van der Waals surface area contributed by atoms with Crippen LogP contribution in [0, 0.1) is 13.8 Å². The van der Waals surface area contributed by atoms with E-state index in [4.69, 9.17) is 0 Å². The van der Waals surface area contributed by atoms with E-state index in [2.05, 4.69) is 44.3 Å². The van der Waals surface area contributed by atoms with E-state index in [0.29, 0.717) is 6.54 Å². The van der Waals surface area contributed by atoms with Gasteiger partial charge < -0.3 is 14.9 Å². The second-order valence-electron chi connectivity index (χ2n) is 7.01. The fourth-order valence-corrected chi connectivity index (χ4v) is 4.20. The van der Waals surface area contributed by atoms with E-state index in [1.54, 1.807) is 11.3 Å². The summed E-state index contributed by atoms with van der Waals surface area (Å²) in [5, 5.41) is 5.13. The average molecular weight is 393 g/mol. The van der Waals surface area contributed by atoms with Crippen LogP contribution in [-0.4, -0.2) is 27.0 Å². The number of carbonyl (C=O) groups is 1. The zero-order chi connectivity index (χ0) is 19.5. The Balaban J connectivity index is 1.33. The maximum absolute atomic E-state index is 12.6. The highest BCUT2D eigenvalue weighted by Gasteiger charge is 2.15. The number of hydrogen-bond donors (Lipinski definition) is 2. The first kappa shape index (κ1) is 18.5. The molecule has 0 spiro atoms. The molecule has 0 bridgehead atoms. The second kappa shape index (κ2) is 8.02. The van der Waals surface area contributed by atoms with Gasteiger partial charge in [-0.2, -0.15) is 0 Å². The van der Waals surface area contributed by atoms with Crippen LogP contribution in [0.1, 0.15) is 38.9 Å². The van der Waals surface area contributed by atoms with Crippen LogP contribution >= 0.6 is 11.3 Å². The van der Waals surface area contributed by atoms with Gasteiger partial charge in [-0.05, 0) is 49.9 Å². The molecule has 0 aliphatic heterocycles. The minimum atomic E-state index is -0.00450. The summed E-state index contributed by atoms with van der Waals surface area (Å²) in [7, 11) is 0. The first-order valence-corrected chi connectivity index (χ1v) is 10.4. The molecule has 2 N–H and O–H groups in total. The van der Waals surface area contributed by atoms with Crippen molar-refractivity contribution in [2.75, 3.05) is 6.54 Å². The summed E-state index contributed by atoms with van der Waals surface area (Å²) in [6.07, 6.45) is 1.66. The van der Waals surface area contributed by atoms with Crippen LogP contribution in [-0.2, 0) is 13.0 Å². The quantitative estimate of drug-likeness (QED) is 0.456. The summed E-state index contributed by atoms with van der Waals surface area (Å²) in [4.78, 5) is 21.8. The summed E-state index contributed by atoms with van der Waals surface area (Å²) in [5.74, 6) is 0.958. The van der Waals surface area contributed by atoms with Gasteiger partial charge in [-0.3, -0.25) is 4.79 Å². The van der Waals surface area contributed by atoms with Gasteiger partial charge in [-0.1, -0.05) is 18.2 Å². The number of H-pyrrole nitrogens is 1. The molecule has 28 heavy (non-hydrogen) atoms. The number of para-hydroxylation sites is 2. The summed E-state index contributed by atoms with van der Waals surface area (Å²) in [6.45, 7) is 5.52. The molecule has 0 saturated heterocycles. The Bertz CT molecular complexity index is 1060. The monoisotopic (exact) mass is 392 g/mol. The topological polar surface area (TPSA) is 62.7 Å². The van der Waals surface area contributed by atoms with Crippen molar-refractivity contribution in [3.8, 4) is 0 Å². The number of nitrogens with one attached hydrogen (secondary N) is 2. The van der Waals surface area contributed by atoms with Crippen LogP contribution in [0.5, 0.6) is 0 Å². The summed E-state index contributed by atoms with van der Waals surface area (Å²) >= 11 is 1.74. The number of fused-ring (bicyclic) bond motifs is 1. The van der Waals surface area contributed by atoms with Crippen LogP contribution < -0.4 is 5.32 Å². The van der Waals surface area contributed by atoms with Crippen molar-refractivity contribution in [2.24, 2.45) is 0 Å². The molecule has 0 saturated carbocycles. The van der Waals surface area contributed by atoms with Crippen molar-refractivity contribution in [3.05, 3.63) is 75.5 Å². The number of aromatic nitrogens is 3. The third-order valence-corrected chi connectivity index (χ3v) is 5.89. The van der Waals surface area contributed by atoms with Gasteiger partial charge in [0.15, 0.2) is 0 Å². The molecule has 1 aromatic carbocycles. The fourth-order valence-electron chi connectivity index (χ4n) is 3.51. The van der Waals surface area contributed by atoms with Gasteiger partial charge in [0.1, 0.15) is 5.82 Å². The van der Waals surface area contributed by atoms with Gasteiger partial charge in [-0.25, -0.2) is 4.98 Å². The predicted molar refractivity (Wildman–Crippen MR) is 114 cm³/mol. The number of imidazole rings is 1. The molecule has 144 valence electrons. The van der Waals surface area contributed by atoms with E-state index >= 15 is 0 Å². The number of benzene rings is 1. The third-order valence-electron chi connectivity index (χ3n) is 5.03. The summed E-state index contributed by atoms with van der Waals surface area (Å²) in [5.41, 5.74) is 4.93. The molecule has 0 aliphatic carbocycles.